The van der Waals surface area contributed by atoms with Crippen LogP contribution in [0.4, 0.5) is 5.69 Å². The molecule has 0 aliphatic carbocycles. The first-order valence-corrected chi connectivity index (χ1v) is 11.1. The predicted octanol–water partition coefficient (Wildman–Crippen LogP) is 4.45. The van der Waals surface area contributed by atoms with Gasteiger partial charge in [-0.15, -0.1) is 10.2 Å². The third-order valence-electron chi connectivity index (χ3n) is 4.18. The van der Waals surface area contributed by atoms with Gasteiger partial charge in [0.25, 0.3) is 5.91 Å². The number of aromatic nitrogens is 3. The molecule has 0 spiro atoms. The average molecular weight is 509 g/mol. The van der Waals surface area contributed by atoms with Gasteiger partial charge in [-0.1, -0.05) is 35.5 Å². The summed E-state index contributed by atoms with van der Waals surface area (Å²) in [6.45, 7) is 1.83. The van der Waals surface area contributed by atoms with Gasteiger partial charge in [0.1, 0.15) is 0 Å². The van der Waals surface area contributed by atoms with Crippen LogP contribution in [0.15, 0.2) is 58.2 Å². The highest BCUT2D eigenvalue weighted by Crippen LogP contribution is 2.21. The fourth-order valence-electron chi connectivity index (χ4n) is 2.67. The quantitative estimate of drug-likeness (QED) is 0.460. The molecule has 3 rings (SSSR count). The van der Waals surface area contributed by atoms with Gasteiger partial charge in [0, 0.05) is 22.2 Å². The molecule has 0 saturated heterocycles. The fourth-order valence-corrected chi connectivity index (χ4v) is 3.98. The maximum atomic E-state index is 12.5. The lowest BCUT2D eigenvalue weighted by Crippen LogP contribution is -2.28. The van der Waals surface area contributed by atoms with Gasteiger partial charge in [-0.05, 0) is 59.3 Å². The van der Waals surface area contributed by atoms with Crippen LogP contribution in [0.5, 0.6) is 0 Å². The molecule has 2 amide bonds. The standard InChI is InChI=1S/C20H19BrClN5O2S/c1-12(23-19(29)15-5-3-4-6-16(15)21)18-25-26-20(27(18)2)30-11-17(28)24-14-9-7-13(22)8-10-14/h3-10,12H,11H2,1-2H3,(H,23,29)(H,24,28)/t12-/m1/s1. The van der Waals surface area contributed by atoms with Crippen LogP contribution in [0.1, 0.15) is 29.1 Å². The normalized spacial score (nSPS) is 11.7. The maximum Gasteiger partial charge on any atom is 0.253 e. The molecule has 3 aromatic rings. The zero-order valence-corrected chi connectivity index (χ0v) is 19.4. The van der Waals surface area contributed by atoms with E-state index < -0.39 is 0 Å². The number of nitrogens with one attached hydrogen (secondary N) is 2. The van der Waals surface area contributed by atoms with E-state index in [9.17, 15) is 9.59 Å². The van der Waals surface area contributed by atoms with Gasteiger partial charge < -0.3 is 15.2 Å². The van der Waals surface area contributed by atoms with Gasteiger partial charge in [-0.25, -0.2) is 0 Å². The van der Waals surface area contributed by atoms with E-state index >= 15 is 0 Å². The summed E-state index contributed by atoms with van der Waals surface area (Å²) >= 11 is 10.5. The van der Waals surface area contributed by atoms with Gasteiger partial charge in [0.2, 0.25) is 5.91 Å². The topological polar surface area (TPSA) is 88.9 Å². The highest BCUT2D eigenvalue weighted by Gasteiger charge is 2.20. The molecule has 1 aromatic heterocycles. The summed E-state index contributed by atoms with van der Waals surface area (Å²) in [5.74, 6) is 0.388. The van der Waals surface area contributed by atoms with E-state index in [2.05, 4.69) is 36.8 Å². The summed E-state index contributed by atoms with van der Waals surface area (Å²) in [5.41, 5.74) is 1.21. The Kier molecular flexibility index (Phi) is 7.52. The van der Waals surface area contributed by atoms with E-state index in [4.69, 9.17) is 11.6 Å². The molecule has 1 atom stereocenters. The number of hydrogen-bond acceptors (Lipinski definition) is 5. The van der Waals surface area contributed by atoms with Crippen LogP contribution in [0.2, 0.25) is 5.02 Å². The molecule has 0 unspecified atom stereocenters. The van der Waals surface area contributed by atoms with E-state index in [-0.39, 0.29) is 23.6 Å². The lowest BCUT2D eigenvalue weighted by atomic mass is 10.2. The lowest BCUT2D eigenvalue weighted by Gasteiger charge is -2.14. The first-order chi connectivity index (χ1) is 14.3. The zero-order valence-electron chi connectivity index (χ0n) is 16.2. The summed E-state index contributed by atoms with van der Waals surface area (Å²) in [5, 5.41) is 15.2. The second-order valence-corrected chi connectivity index (χ2v) is 8.65. The monoisotopic (exact) mass is 507 g/mol. The molecule has 1 heterocycles. The van der Waals surface area contributed by atoms with Gasteiger partial charge in [-0.2, -0.15) is 0 Å². The van der Waals surface area contributed by atoms with Crippen molar-refractivity contribution in [1.29, 1.82) is 0 Å². The van der Waals surface area contributed by atoms with Crippen molar-refractivity contribution >= 4 is 56.8 Å². The summed E-state index contributed by atoms with van der Waals surface area (Å²) in [4.78, 5) is 24.7. The summed E-state index contributed by atoms with van der Waals surface area (Å²) in [6, 6.07) is 13.7. The minimum atomic E-state index is -0.362. The molecular weight excluding hydrogens is 490 g/mol. The van der Waals surface area contributed by atoms with Crippen LogP contribution in [0.3, 0.4) is 0 Å². The van der Waals surface area contributed by atoms with E-state index in [1.54, 1.807) is 48.0 Å². The first kappa shape index (κ1) is 22.3. The second kappa shape index (κ2) is 10.1. The van der Waals surface area contributed by atoms with Crippen molar-refractivity contribution < 1.29 is 9.59 Å². The maximum absolute atomic E-state index is 12.5. The molecule has 10 heteroatoms. The summed E-state index contributed by atoms with van der Waals surface area (Å²) < 4.78 is 2.49. The Morgan fingerprint density at radius 3 is 2.57 bits per heavy atom. The first-order valence-electron chi connectivity index (χ1n) is 8.98. The predicted molar refractivity (Wildman–Crippen MR) is 122 cm³/mol. The summed E-state index contributed by atoms with van der Waals surface area (Å²) in [6.07, 6.45) is 0. The molecule has 0 saturated carbocycles. The van der Waals surface area contributed by atoms with Gasteiger partial charge in [0.05, 0.1) is 17.4 Å². The summed E-state index contributed by atoms with van der Waals surface area (Å²) in [7, 11) is 1.80. The van der Waals surface area contributed by atoms with Crippen LogP contribution < -0.4 is 10.6 Å². The number of halogens is 2. The van der Waals surface area contributed by atoms with Crippen LogP contribution in [0, 0.1) is 0 Å². The van der Waals surface area contributed by atoms with Crippen molar-refractivity contribution in [3.63, 3.8) is 0 Å². The van der Waals surface area contributed by atoms with Crippen molar-refractivity contribution in [3.8, 4) is 0 Å². The highest BCUT2D eigenvalue weighted by molar-refractivity contribution is 9.10. The number of thioether (sulfide) groups is 1. The smallest absolute Gasteiger partial charge is 0.253 e. The minimum absolute atomic E-state index is 0.165. The third kappa shape index (κ3) is 5.62. The lowest BCUT2D eigenvalue weighted by molar-refractivity contribution is -0.113. The number of amides is 2. The second-order valence-electron chi connectivity index (χ2n) is 6.42. The third-order valence-corrected chi connectivity index (χ3v) is 6.15. The van der Waals surface area contributed by atoms with Crippen molar-refractivity contribution in [2.75, 3.05) is 11.1 Å². The average Bonchev–Trinajstić information content (AvgIpc) is 3.09. The molecule has 0 bridgehead atoms. The molecule has 0 radical (unpaired) electrons. The Balaban J connectivity index is 1.58. The number of rotatable bonds is 7. The number of benzene rings is 2. The number of carbonyl (C=O) groups is 2. The largest absolute Gasteiger partial charge is 0.342 e. The van der Waals surface area contributed by atoms with Gasteiger partial charge in [-0.3, -0.25) is 9.59 Å². The Morgan fingerprint density at radius 1 is 1.17 bits per heavy atom. The molecule has 0 aliphatic heterocycles. The molecular formula is C20H19BrClN5O2S. The number of anilines is 1. The van der Waals surface area contributed by atoms with Crippen LogP contribution in [0.25, 0.3) is 0 Å². The van der Waals surface area contributed by atoms with E-state index in [1.807, 2.05) is 19.1 Å². The van der Waals surface area contributed by atoms with Crippen molar-refractivity contribution in [1.82, 2.24) is 20.1 Å². The molecule has 156 valence electrons. The Labute approximate surface area is 191 Å². The molecule has 7 nitrogen and oxygen atoms in total. The van der Waals surface area contributed by atoms with E-state index in [0.29, 0.717) is 27.3 Å². The SMILES string of the molecule is C[C@@H](NC(=O)c1ccccc1Br)c1nnc(SCC(=O)Nc2ccc(Cl)cc2)n1C. The Morgan fingerprint density at radius 2 is 1.87 bits per heavy atom. The van der Waals surface area contributed by atoms with Gasteiger partial charge in [0.15, 0.2) is 11.0 Å². The van der Waals surface area contributed by atoms with Gasteiger partial charge >= 0.3 is 0 Å². The molecule has 0 aliphatic rings. The molecule has 30 heavy (non-hydrogen) atoms. The fraction of sp³-hybridized carbons (Fsp3) is 0.200. The van der Waals surface area contributed by atoms with Crippen molar-refractivity contribution in [2.45, 2.75) is 18.1 Å². The van der Waals surface area contributed by atoms with Crippen molar-refractivity contribution in [3.05, 3.63) is 69.4 Å². The Hall–Kier alpha value is -2.36. The molecule has 0 fully saturated rings. The van der Waals surface area contributed by atoms with Crippen LogP contribution in [-0.4, -0.2) is 32.3 Å². The number of carbonyl (C=O) groups excluding carboxylic acids is 2. The highest BCUT2D eigenvalue weighted by atomic mass is 79.9. The number of nitrogens with zero attached hydrogens (tertiary/aromatic N) is 3. The van der Waals surface area contributed by atoms with Crippen molar-refractivity contribution in [2.24, 2.45) is 7.05 Å². The van der Waals surface area contributed by atoms with Crippen LogP contribution in [-0.2, 0) is 11.8 Å². The molecule has 2 aromatic carbocycles. The number of hydrogen-bond donors (Lipinski definition) is 2. The Bertz CT molecular complexity index is 1060. The van der Waals surface area contributed by atoms with Crippen LogP contribution >= 0.6 is 39.3 Å². The zero-order chi connectivity index (χ0) is 21.7. The minimum Gasteiger partial charge on any atom is -0.342 e. The van der Waals surface area contributed by atoms with E-state index in [1.165, 1.54) is 11.8 Å². The van der Waals surface area contributed by atoms with E-state index in [0.717, 1.165) is 4.47 Å². The molecule has 2 N–H and O–H groups in total.